The number of rotatable bonds is 1. The molecule has 3 nitrogen and oxygen atoms in total. The van der Waals surface area contributed by atoms with Gasteiger partial charge in [-0.15, -0.1) is 0 Å². The van der Waals surface area contributed by atoms with E-state index in [4.69, 9.17) is 15.2 Å². The molecular formula is C10H12BrNO2. The number of ether oxygens (including phenoxy) is 2. The fraction of sp³-hybridized carbons (Fsp3) is 0.400. The van der Waals surface area contributed by atoms with Gasteiger partial charge in [0.05, 0.1) is 13.7 Å². The summed E-state index contributed by atoms with van der Waals surface area (Å²) in [6.45, 7) is 0.654. The molecule has 1 aromatic rings. The Labute approximate surface area is 91.3 Å². The van der Waals surface area contributed by atoms with Crippen LogP contribution < -0.4 is 15.2 Å². The van der Waals surface area contributed by atoms with Crippen LogP contribution in [0, 0.1) is 0 Å². The molecule has 1 unspecified atom stereocenters. The van der Waals surface area contributed by atoms with Gasteiger partial charge in [-0.3, -0.25) is 0 Å². The normalized spacial score (nSPS) is 19.8. The quantitative estimate of drug-likeness (QED) is 0.840. The second-order valence-electron chi connectivity index (χ2n) is 3.24. The van der Waals surface area contributed by atoms with Crippen molar-refractivity contribution in [3.8, 4) is 11.5 Å². The summed E-state index contributed by atoms with van der Waals surface area (Å²) in [6, 6.07) is 3.84. The van der Waals surface area contributed by atoms with Crippen molar-refractivity contribution < 1.29 is 9.47 Å². The molecule has 4 heteroatoms. The van der Waals surface area contributed by atoms with Crippen molar-refractivity contribution in [1.82, 2.24) is 0 Å². The zero-order valence-electron chi connectivity index (χ0n) is 7.92. The molecular weight excluding hydrogens is 246 g/mol. The Balaban J connectivity index is 2.57. The number of nitrogens with two attached hydrogens (primary N) is 1. The molecule has 76 valence electrons. The molecule has 1 heterocycles. The largest absolute Gasteiger partial charge is 0.493 e. The van der Waals surface area contributed by atoms with E-state index < -0.39 is 0 Å². The molecule has 14 heavy (non-hydrogen) atoms. The van der Waals surface area contributed by atoms with Crippen LogP contribution in [-0.2, 0) is 0 Å². The first kappa shape index (κ1) is 9.80. The average Bonchev–Trinajstić information content (AvgIpc) is 2.18. The van der Waals surface area contributed by atoms with Crippen LogP contribution in [0.25, 0.3) is 0 Å². The summed E-state index contributed by atoms with van der Waals surface area (Å²) in [5.41, 5.74) is 7.02. The van der Waals surface area contributed by atoms with Crippen molar-refractivity contribution in [2.24, 2.45) is 5.73 Å². The van der Waals surface area contributed by atoms with Gasteiger partial charge in [-0.25, -0.2) is 0 Å². The van der Waals surface area contributed by atoms with Crippen LogP contribution in [0.5, 0.6) is 11.5 Å². The van der Waals surface area contributed by atoms with E-state index in [1.807, 2.05) is 12.1 Å². The van der Waals surface area contributed by atoms with Crippen LogP contribution in [-0.4, -0.2) is 13.7 Å². The van der Waals surface area contributed by atoms with E-state index in [-0.39, 0.29) is 6.04 Å². The minimum atomic E-state index is 0.0308. The lowest BCUT2D eigenvalue weighted by molar-refractivity contribution is 0.252. The average molecular weight is 258 g/mol. The molecule has 1 aliphatic heterocycles. The van der Waals surface area contributed by atoms with Crippen molar-refractivity contribution in [2.75, 3.05) is 13.7 Å². The fourth-order valence-electron chi connectivity index (χ4n) is 1.64. The number of halogens is 1. The standard InChI is InChI=1S/C10H12BrNO2/c1-13-8-3-2-6(11)9-7(12)4-5-14-10(8)9/h2-3,7H,4-5,12H2,1H3. The molecule has 0 aromatic heterocycles. The van der Waals surface area contributed by atoms with Gasteiger partial charge >= 0.3 is 0 Å². The molecule has 0 fully saturated rings. The van der Waals surface area contributed by atoms with Crippen LogP contribution in [0.4, 0.5) is 0 Å². The summed E-state index contributed by atoms with van der Waals surface area (Å²) in [4.78, 5) is 0. The summed E-state index contributed by atoms with van der Waals surface area (Å²) in [5.74, 6) is 1.53. The Morgan fingerprint density at radius 2 is 2.36 bits per heavy atom. The minimum Gasteiger partial charge on any atom is -0.493 e. The highest BCUT2D eigenvalue weighted by Crippen LogP contribution is 2.42. The van der Waals surface area contributed by atoms with Gasteiger partial charge in [-0.05, 0) is 12.1 Å². The molecule has 0 spiro atoms. The second-order valence-corrected chi connectivity index (χ2v) is 4.09. The van der Waals surface area contributed by atoms with Crippen molar-refractivity contribution in [3.05, 3.63) is 22.2 Å². The Bertz CT molecular complexity index is 354. The van der Waals surface area contributed by atoms with Gasteiger partial charge in [-0.2, -0.15) is 0 Å². The van der Waals surface area contributed by atoms with Gasteiger partial charge in [0.25, 0.3) is 0 Å². The summed E-state index contributed by atoms with van der Waals surface area (Å²) in [6.07, 6.45) is 0.846. The van der Waals surface area contributed by atoms with Crippen LogP contribution in [0.15, 0.2) is 16.6 Å². The zero-order valence-corrected chi connectivity index (χ0v) is 9.50. The van der Waals surface area contributed by atoms with Crippen molar-refractivity contribution >= 4 is 15.9 Å². The van der Waals surface area contributed by atoms with E-state index in [1.165, 1.54) is 0 Å². The lowest BCUT2D eigenvalue weighted by Gasteiger charge is -2.25. The number of methoxy groups -OCH3 is 1. The third-order valence-corrected chi connectivity index (χ3v) is 3.06. The van der Waals surface area contributed by atoms with E-state index >= 15 is 0 Å². The maximum Gasteiger partial charge on any atom is 0.167 e. The zero-order chi connectivity index (χ0) is 10.1. The highest BCUT2D eigenvalue weighted by atomic mass is 79.9. The number of hydrogen-bond acceptors (Lipinski definition) is 3. The summed E-state index contributed by atoms with van der Waals surface area (Å²) in [5, 5.41) is 0. The van der Waals surface area contributed by atoms with Crippen LogP contribution in [0.1, 0.15) is 18.0 Å². The van der Waals surface area contributed by atoms with Crippen LogP contribution >= 0.6 is 15.9 Å². The van der Waals surface area contributed by atoms with E-state index in [1.54, 1.807) is 7.11 Å². The maximum absolute atomic E-state index is 6.01. The summed E-state index contributed by atoms with van der Waals surface area (Å²) in [7, 11) is 1.63. The van der Waals surface area contributed by atoms with Gasteiger partial charge in [0, 0.05) is 22.5 Å². The van der Waals surface area contributed by atoms with E-state index in [0.717, 1.165) is 28.0 Å². The molecule has 0 amide bonds. The molecule has 1 atom stereocenters. The highest BCUT2D eigenvalue weighted by molar-refractivity contribution is 9.10. The van der Waals surface area contributed by atoms with E-state index in [2.05, 4.69) is 15.9 Å². The molecule has 0 bridgehead atoms. The van der Waals surface area contributed by atoms with E-state index in [0.29, 0.717) is 6.61 Å². The first-order valence-corrected chi connectivity index (χ1v) is 5.28. The SMILES string of the molecule is COc1ccc(Br)c2c1OCCC2N. The molecule has 1 aliphatic rings. The van der Waals surface area contributed by atoms with Crippen LogP contribution in [0.2, 0.25) is 0 Å². The van der Waals surface area contributed by atoms with Gasteiger partial charge < -0.3 is 15.2 Å². The first-order valence-electron chi connectivity index (χ1n) is 4.49. The lowest BCUT2D eigenvalue weighted by Crippen LogP contribution is -2.21. The first-order chi connectivity index (χ1) is 6.74. The smallest absolute Gasteiger partial charge is 0.167 e. The Morgan fingerprint density at radius 3 is 3.07 bits per heavy atom. The molecule has 2 rings (SSSR count). The third kappa shape index (κ3) is 1.48. The predicted octanol–water partition coefficient (Wildman–Crippen LogP) is 2.24. The van der Waals surface area contributed by atoms with Crippen LogP contribution in [0.3, 0.4) is 0 Å². The highest BCUT2D eigenvalue weighted by Gasteiger charge is 2.24. The number of benzene rings is 1. The van der Waals surface area contributed by atoms with Gasteiger partial charge in [-0.1, -0.05) is 15.9 Å². The molecule has 2 N–H and O–H groups in total. The minimum absolute atomic E-state index is 0.0308. The number of fused-ring (bicyclic) bond motifs is 1. The molecule has 0 aliphatic carbocycles. The van der Waals surface area contributed by atoms with Gasteiger partial charge in [0.2, 0.25) is 0 Å². The fourth-order valence-corrected chi connectivity index (χ4v) is 2.25. The molecule has 1 aromatic carbocycles. The lowest BCUT2D eigenvalue weighted by atomic mass is 10.0. The monoisotopic (exact) mass is 257 g/mol. The Hall–Kier alpha value is -0.740. The second kappa shape index (κ2) is 3.79. The topological polar surface area (TPSA) is 44.5 Å². The van der Waals surface area contributed by atoms with Crippen molar-refractivity contribution in [3.63, 3.8) is 0 Å². The summed E-state index contributed by atoms with van der Waals surface area (Å²) >= 11 is 3.47. The molecule has 0 saturated carbocycles. The molecule has 0 saturated heterocycles. The maximum atomic E-state index is 6.01. The third-order valence-electron chi connectivity index (χ3n) is 2.37. The number of hydrogen-bond donors (Lipinski definition) is 1. The van der Waals surface area contributed by atoms with E-state index in [9.17, 15) is 0 Å². The van der Waals surface area contributed by atoms with Gasteiger partial charge in [0.1, 0.15) is 0 Å². The summed E-state index contributed by atoms with van der Waals surface area (Å²) < 4.78 is 11.8. The van der Waals surface area contributed by atoms with Gasteiger partial charge in [0.15, 0.2) is 11.5 Å². The predicted molar refractivity (Wildman–Crippen MR) is 57.7 cm³/mol. The Kier molecular flexibility index (Phi) is 2.65. The molecule has 0 radical (unpaired) electrons. The Morgan fingerprint density at radius 1 is 1.57 bits per heavy atom. The van der Waals surface area contributed by atoms with Crippen molar-refractivity contribution in [1.29, 1.82) is 0 Å². The van der Waals surface area contributed by atoms with Crippen molar-refractivity contribution in [2.45, 2.75) is 12.5 Å².